The topological polar surface area (TPSA) is 76.7 Å². The van der Waals surface area contributed by atoms with E-state index in [0.717, 1.165) is 12.3 Å². The molecule has 24 heavy (non-hydrogen) atoms. The van der Waals surface area contributed by atoms with Gasteiger partial charge in [0, 0.05) is 18.1 Å². The summed E-state index contributed by atoms with van der Waals surface area (Å²) in [5, 5.41) is 0. The van der Waals surface area contributed by atoms with Gasteiger partial charge in [-0.1, -0.05) is 6.42 Å². The van der Waals surface area contributed by atoms with Gasteiger partial charge in [0.1, 0.15) is 11.5 Å². The van der Waals surface area contributed by atoms with E-state index in [2.05, 4.69) is 10.9 Å². The monoisotopic (exact) mass is 332 g/mol. The molecule has 0 spiro atoms. The number of ether oxygens (including phenoxy) is 2. The summed E-state index contributed by atoms with van der Waals surface area (Å²) in [6.07, 6.45) is 5.48. The van der Waals surface area contributed by atoms with Gasteiger partial charge in [-0.05, 0) is 49.1 Å². The zero-order valence-corrected chi connectivity index (χ0v) is 14.1. The first kappa shape index (κ1) is 16.6. The number of nitrogens with one attached hydrogen (secondary N) is 2. The molecule has 2 amide bonds. The summed E-state index contributed by atoms with van der Waals surface area (Å²) in [6.45, 7) is 0. The summed E-state index contributed by atoms with van der Waals surface area (Å²) in [4.78, 5) is 24.3. The molecular formula is C18H24N2O4. The molecule has 6 nitrogen and oxygen atoms in total. The van der Waals surface area contributed by atoms with Crippen LogP contribution in [0.5, 0.6) is 11.5 Å². The standard InChI is InChI=1S/C18H24N2O4/c1-23-15-7-14(8-16(10-15)24-2)18(22)20-19-17(21)9-13-6-11-3-4-12(13)5-11/h7-8,10-13H,3-6,9H2,1-2H3,(H,19,21)(H,20,22)/t11-,12+,13+/m0/s1. The van der Waals surface area contributed by atoms with E-state index in [4.69, 9.17) is 9.47 Å². The predicted octanol–water partition coefficient (Wildman–Crippen LogP) is 2.29. The van der Waals surface area contributed by atoms with E-state index in [1.807, 2.05) is 0 Å². The number of hydrogen-bond acceptors (Lipinski definition) is 4. The van der Waals surface area contributed by atoms with E-state index in [-0.39, 0.29) is 5.91 Å². The Hall–Kier alpha value is -2.24. The fraction of sp³-hybridized carbons (Fsp3) is 0.556. The predicted molar refractivity (Wildman–Crippen MR) is 88.7 cm³/mol. The Morgan fingerprint density at radius 2 is 1.75 bits per heavy atom. The summed E-state index contributed by atoms with van der Waals surface area (Å²) >= 11 is 0. The lowest BCUT2D eigenvalue weighted by molar-refractivity contribution is -0.123. The Morgan fingerprint density at radius 3 is 2.29 bits per heavy atom. The minimum Gasteiger partial charge on any atom is -0.497 e. The molecule has 2 N–H and O–H groups in total. The van der Waals surface area contributed by atoms with Crippen LogP contribution in [-0.4, -0.2) is 26.0 Å². The molecule has 0 aliphatic heterocycles. The molecule has 0 aromatic heterocycles. The van der Waals surface area contributed by atoms with Crippen LogP contribution in [-0.2, 0) is 4.79 Å². The normalized spacial score (nSPS) is 24.5. The summed E-state index contributed by atoms with van der Waals surface area (Å²) in [5.74, 6) is 2.49. The average molecular weight is 332 g/mol. The number of fused-ring (bicyclic) bond motifs is 2. The molecule has 0 radical (unpaired) electrons. The Labute approximate surface area is 141 Å². The largest absolute Gasteiger partial charge is 0.497 e. The highest BCUT2D eigenvalue weighted by Crippen LogP contribution is 2.49. The van der Waals surface area contributed by atoms with Crippen molar-refractivity contribution in [2.45, 2.75) is 32.1 Å². The minimum atomic E-state index is -0.395. The Balaban J connectivity index is 1.52. The van der Waals surface area contributed by atoms with Crippen LogP contribution >= 0.6 is 0 Å². The van der Waals surface area contributed by atoms with E-state index in [1.165, 1.54) is 33.5 Å². The summed E-state index contributed by atoms with van der Waals surface area (Å²) < 4.78 is 10.3. The number of hydrazine groups is 1. The molecule has 2 saturated carbocycles. The molecule has 6 heteroatoms. The first-order valence-electron chi connectivity index (χ1n) is 8.41. The molecule has 2 fully saturated rings. The Morgan fingerprint density at radius 1 is 1.04 bits per heavy atom. The minimum absolute atomic E-state index is 0.129. The molecular weight excluding hydrogens is 308 g/mol. The molecule has 3 rings (SSSR count). The molecule has 3 atom stereocenters. The first-order valence-corrected chi connectivity index (χ1v) is 8.41. The van der Waals surface area contributed by atoms with Crippen LogP contribution in [0.2, 0.25) is 0 Å². The van der Waals surface area contributed by atoms with E-state index < -0.39 is 5.91 Å². The van der Waals surface area contributed by atoms with Gasteiger partial charge in [-0.15, -0.1) is 0 Å². The van der Waals surface area contributed by atoms with Gasteiger partial charge in [-0.2, -0.15) is 0 Å². The van der Waals surface area contributed by atoms with Gasteiger partial charge in [-0.25, -0.2) is 0 Å². The van der Waals surface area contributed by atoms with Crippen LogP contribution in [0.1, 0.15) is 42.5 Å². The van der Waals surface area contributed by atoms with Gasteiger partial charge in [0.15, 0.2) is 0 Å². The Bertz CT molecular complexity index is 609. The molecule has 2 aliphatic rings. The maximum absolute atomic E-state index is 12.2. The lowest BCUT2D eigenvalue weighted by atomic mass is 9.86. The highest BCUT2D eigenvalue weighted by molar-refractivity contribution is 5.96. The first-order chi connectivity index (χ1) is 11.6. The highest BCUT2D eigenvalue weighted by atomic mass is 16.5. The van der Waals surface area contributed by atoms with Crippen molar-refractivity contribution in [1.29, 1.82) is 0 Å². The van der Waals surface area contributed by atoms with Gasteiger partial charge in [-0.3, -0.25) is 20.4 Å². The fourth-order valence-corrected chi connectivity index (χ4v) is 4.05. The second-order valence-corrected chi connectivity index (χ2v) is 6.74. The van der Waals surface area contributed by atoms with Crippen molar-refractivity contribution in [2.24, 2.45) is 17.8 Å². The maximum atomic E-state index is 12.2. The molecule has 1 aromatic rings. The molecule has 0 saturated heterocycles. The van der Waals surface area contributed by atoms with Crippen molar-refractivity contribution >= 4 is 11.8 Å². The highest BCUT2D eigenvalue weighted by Gasteiger charge is 2.40. The average Bonchev–Trinajstić information content (AvgIpc) is 3.22. The number of hydrogen-bond donors (Lipinski definition) is 2. The zero-order valence-electron chi connectivity index (χ0n) is 14.1. The Kier molecular flexibility index (Phi) is 4.92. The van der Waals surface area contributed by atoms with Crippen molar-refractivity contribution in [2.75, 3.05) is 14.2 Å². The smallest absolute Gasteiger partial charge is 0.269 e. The van der Waals surface area contributed by atoms with Crippen molar-refractivity contribution in [3.8, 4) is 11.5 Å². The van der Waals surface area contributed by atoms with Gasteiger partial charge in [0.05, 0.1) is 14.2 Å². The molecule has 0 heterocycles. The van der Waals surface area contributed by atoms with E-state index >= 15 is 0 Å². The van der Waals surface area contributed by atoms with Crippen LogP contribution in [0, 0.1) is 17.8 Å². The number of carbonyl (C=O) groups excluding carboxylic acids is 2. The summed E-state index contributed by atoms with van der Waals surface area (Å²) in [6, 6.07) is 4.88. The second-order valence-electron chi connectivity index (χ2n) is 6.74. The summed E-state index contributed by atoms with van der Waals surface area (Å²) in [7, 11) is 3.04. The van der Waals surface area contributed by atoms with Crippen molar-refractivity contribution < 1.29 is 19.1 Å². The number of amides is 2. The lowest BCUT2D eigenvalue weighted by Gasteiger charge is -2.20. The third-order valence-corrected chi connectivity index (χ3v) is 5.26. The van der Waals surface area contributed by atoms with Crippen LogP contribution in [0.25, 0.3) is 0 Å². The number of methoxy groups -OCH3 is 2. The number of rotatable bonds is 5. The molecule has 0 unspecified atom stereocenters. The van der Waals surface area contributed by atoms with Crippen molar-refractivity contribution in [3.05, 3.63) is 23.8 Å². The summed E-state index contributed by atoms with van der Waals surface area (Å²) in [5.41, 5.74) is 5.36. The molecule has 1 aromatic carbocycles. The molecule has 130 valence electrons. The van der Waals surface area contributed by atoms with Crippen molar-refractivity contribution in [3.63, 3.8) is 0 Å². The molecule has 2 bridgehead atoms. The lowest BCUT2D eigenvalue weighted by Crippen LogP contribution is -2.42. The van der Waals surface area contributed by atoms with Gasteiger partial charge >= 0.3 is 0 Å². The quantitative estimate of drug-likeness (QED) is 0.811. The van der Waals surface area contributed by atoms with Gasteiger partial charge in [0.2, 0.25) is 5.91 Å². The van der Waals surface area contributed by atoms with Crippen LogP contribution in [0.4, 0.5) is 0 Å². The maximum Gasteiger partial charge on any atom is 0.269 e. The van der Waals surface area contributed by atoms with Gasteiger partial charge < -0.3 is 9.47 Å². The van der Waals surface area contributed by atoms with E-state index in [9.17, 15) is 9.59 Å². The number of benzene rings is 1. The fourth-order valence-electron chi connectivity index (χ4n) is 4.05. The SMILES string of the molecule is COc1cc(OC)cc(C(=O)NNC(=O)C[C@H]2C[C@H]3CC[C@@H]2C3)c1. The molecule has 2 aliphatic carbocycles. The zero-order chi connectivity index (χ0) is 17.1. The number of carbonyl (C=O) groups is 2. The second kappa shape index (κ2) is 7.11. The third-order valence-electron chi connectivity index (χ3n) is 5.26. The van der Waals surface area contributed by atoms with Crippen LogP contribution in [0.15, 0.2) is 18.2 Å². The van der Waals surface area contributed by atoms with Crippen LogP contribution in [0.3, 0.4) is 0 Å². The van der Waals surface area contributed by atoms with Gasteiger partial charge in [0.25, 0.3) is 5.91 Å². The van der Waals surface area contributed by atoms with E-state index in [1.54, 1.807) is 18.2 Å². The van der Waals surface area contributed by atoms with Crippen LogP contribution < -0.4 is 20.3 Å². The third kappa shape index (κ3) is 3.63. The van der Waals surface area contributed by atoms with Crippen molar-refractivity contribution in [1.82, 2.24) is 10.9 Å². The van der Waals surface area contributed by atoms with E-state index in [0.29, 0.717) is 35.3 Å².